The highest BCUT2D eigenvalue weighted by atomic mass is 35.7. The van der Waals surface area contributed by atoms with E-state index >= 15 is 0 Å². The lowest BCUT2D eigenvalue weighted by Crippen LogP contribution is -2.31. The van der Waals surface area contributed by atoms with Crippen molar-refractivity contribution in [2.75, 3.05) is 20.2 Å². The maximum Gasteiger partial charge on any atom is 0.261 e. The molecule has 0 unspecified atom stereocenters. The highest BCUT2D eigenvalue weighted by Gasteiger charge is 2.10. The lowest BCUT2D eigenvalue weighted by molar-refractivity contribution is -0.131. The van der Waals surface area contributed by atoms with Crippen molar-refractivity contribution in [1.82, 2.24) is 4.90 Å². The Morgan fingerprint density at radius 2 is 1.89 bits per heavy atom. The van der Waals surface area contributed by atoms with Crippen LogP contribution in [0, 0.1) is 0 Å². The van der Waals surface area contributed by atoms with Gasteiger partial charge in [-0.05, 0) is 31.2 Å². The molecular weight excluding hydrogens is 278 g/mol. The Kier molecular flexibility index (Phi) is 4.98. The van der Waals surface area contributed by atoms with Crippen molar-refractivity contribution < 1.29 is 17.9 Å². The molecule has 0 aliphatic rings. The quantitative estimate of drug-likeness (QED) is 0.771. The second kappa shape index (κ2) is 6.06. The van der Waals surface area contributed by atoms with E-state index in [0.29, 0.717) is 12.3 Å². The average molecular weight is 292 g/mol. The fourth-order valence-corrected chi connectivity index (χ4v) is 1.90. The van der Waals surface area contributed by atoms with Crippen LogP contribution in [0.5, 0.6) is 5.75 Å². The zero-order chi connectivity index (χ0) is 13.8. The van der Waals surface area contributed by atoms with Gasteiger partial charge in [-0.3, -0.25) is 4.79 Å². The van der Waals surface area contributed by atoms with Gasteiger partial charge < -0.3 is 9.64 Å². The Hall–Kier alpha value is -1.27. The Morgan fingerprint density at radius 1 is 1.33 bits per heavy atom. The molecule has 5 nitrogen and oxygen atoms in total. The topological polar surface area (TPSA) is 63.7 Å². The standard InChI is InChI=1S/C11H14ClNO4S/c1-3-13(2)11(14)8-17-9-4-6-10(7-5-9)18(12,15)16/h4-7H,3,8H2,1-2H3. The largest absolute Gasteiger partial charge is 0.484 e. The number of carbonyl (C=O) groups excluding carboxylic acids is 1. The highest BCUT2D eigenvalue weighted by Crippen LogP contribution is 2.18. The van der Waals surface area contributed by atoms with Crippen molar-refractivity contribution in [3.63, 3.8) is 0 Å². The van der Waals surface area contributed by atoms with E-state index < -0.39 is 9.05 Å². The van der Waals surface area contributed by atoms with E-state index in [1.807, 2.05) is 6.92 Å². The van der Waals surface area contributed by atoms with Gasteiger partial charge in [-0.25, -0.2) is 8.42 Å². The van der Waals surface area contributed by atoms with Gasteiger partial charge in [0.05, 0.1) is 4.90 Å². The fourth-order valence-electron chi connectivity index (χ4n) is 1.13. The van der Waals surface area contributed by atoms with Crippen molar-refractivity contribution in [3.05, 3.63) is 24.3 Å². The molecule has 0 fully saturated rings. The van der Waals surface area contributed by atoms with Crippen LogP contribution in [0.25, 0.3) is 0 Å². The molecule has 0 bridgehead atoms. The molecule has 0 radical (unpaired) electrons. The molecule has 0 saturated carbocycles. The first kappa shape index (κ1) is 14.8. The zero-order valence-corrected chi connectivity index (χ0v) is 11.7. The first-order valence-corrected chi connectivity index (χ1v) is 7.57. The van der Waals surface area contributed by atoms with Gasteiger partial charge in [0.1, 0.15) is 5.75 Å². The average Bonchev–Trinajstić information content (AvgIpc) is 2.34. The Labute approximate surface area is 111 Å². The third-order valence-corrected chi connectivity index (χ3v) is 3.74. The number of rotatable bonds is 5. The minimum atomic E-state index is -3.73. The monoisotopic (exact) mass is 291 g/mol. The predicted octanol–water partition coefficient (Wildman–Crippen LogP) is 1.47. The van der Waals surface area contributed by atoms with E-state index in [2.05, 4.69) is 0 Å². The van der Waals surface area contributed by atoms with Crippen LogP contribution in [0.1, 0.15) is 6.92 Å². The second-order valence-electron chi connectivity index (χ2n) is 3.61. The molecule has 1 aromatic carbocycles. The van der Waals surface area contributed by atoms with Crippen LogP contribution in [0.3, 0.4) is 0 Å². The molecule has 1 aromatic rings. The lowest BCUT2D eigenvalue weighted by atomic mass is 10.3. The van der Waals surface area contributed by atoms with Crippen molar-refractivity contribution in [2.45, 2.75) is 11.8 Å². The minimum Gasteiger partial charge on any atom is -0.484 e. The number of likely N-dealkylation sites (N-methyl/N-ethyl adjacent to an activating group) is 1. The van der Waals surface area contributed by atoms with Gasteiger partial charge in [0.2, 0.25) is 0 Å². The van der Waals surface area contributed by atoms with E-state index in [0.717, 1.165) is 0 Å². The molecule has 0 atom stereocenters. The lowest BCUT2D eigenvalue weighted by Gasteiger charge is -2.14. The number of halogens is 1. The van der Waals surface area contributed by atoms with E-state index in [1.165, 1.54) is 29.2 Å². The van der Waals surface area contributed by atoms with E-state index in [-0.39, 0.29) is 17.4 Å². The van der Waals surface area contributed by atoms with E-state index in [1.54, 1.807) is 7.05 Å². The summed E-state index contributed by atoms with van der Waals surface area (Å²) >= 11 is 0. The minimum absolute atomic E-state index is 0.00600. The zero-order valence-electron chi connectivity index (χ0n) is 10.1. The summed E-state index contributed by atoms with van der Waals surface area (Å²) in [6, 6.07) is 5.56. The predicted molar refractivity (Wildman–Crippen MR) is 68.3 cm³/mol. The summed E-state index contributed by atoms with van der Waals surface area (Å²) in [4.78, 5) is 13.0. The SMILES string of the molecule is CCN(C)C(=O)COc1ccc(S(=O)(=O)Cl)cc1. The van der Waals surface area contributed by atoms with Gasteiger partial charge in [-0.2, -0.15) is 0 Å². The third kappa shape index (κ3) is 4.19. The highest BCUT2D eigenvalue weighted by molar-refractivity contribution is 8.13. The van der Waals surface area contributed by atoms with Gasteiger partial charge in [-0.1, -0.05) is 0 Å². The summed E-state index contributed by atoms with van der Waals surface area (Å²) in [5, 5.41) is 0. The number of hydrogen-bond donors (Lipinski definition) is 0. The molecule has 0 aliphatic carbocycles. The first-order chi connectivity index (χ1) is 8.34. The van der Waals surface area contributed by atoms with Gasteiger partial charge in [0, 0.05) is 24.3 Å². The van der Waals surface area contributed by atoms with E-state index in [9.17, 15) is 13.2 Å². The molecule has 7 heteroatoms. The summed E-state index contributed by atoms with van der Waals surface area (Å²) < 4.78 is 27.2. The van der Waals surface area contributed by atoms with Crippen LogP contribution in [-0.2, 0) is 13.8 Å². The Morgan fingerprint density at radius 3 is 2.33 bits per heavy atom. The van der Waals surface area contributed by atoms with Crippen molar-refractivity contribution in [3.8, 4) is 5.75 Å². The normalized spacial score (nSPS) is 11.1. The molecule has 0 N–H and O–H groups in total. The summed E-state index contributed by atoms with van der Waals surface area (Å²) in [6.07, 6.45) is 0. The molecule has 1 rings (SSSR count). The van der Waals surface area contributed by atoms with Crippen LogP contribution in [0.4, 0.5) is 0 Å². The smallest absolute Gasteiger partial charge is 0.261 e. The maximum atomic E-state index is 11.5. The maximum absolute atomic E-state index is 11.5. The molecule has 1 amide bonds. The van der Waals surface area contributed by atoms with E-state index in [4.69, 9.17) is 15.4 Å². The molecule has 0 saturated heterocycles. The summed E-state index contributed by atoms with van der Waals surface area (Å²) in [5.41, 5.74) is 0. The number of benzene rings is 1. The first-order valence-electron chi connectivity index (χ1n) is 5.26. The molecule has 100 valence electrons. The van der Waals surface area contributed by atoms with Gasteiger partial charge in [0.15, 0.2) is 6.61 Å². The summed E-state index contributed by atoms with van der Waals surface area (Å²) in [5.74, 6) is 0.267. The van der Waals surface area contributed by atoms with Crippen LogP contribution >= 0.6 is 10.7 Å². The number of hydrogen-bond acceptors (Lipinski definition) is 4. The Bertz CT molecular complexity index is 512. The number of amides is 1. The molecule has 0 aromatic heterocycles. The van der Waals surface area contributed by atoms with Crippen LogP contribution in [0.15, 0.2) is 29.2 Å². The fraction of sp³-hybridized carbons (Fsp3) is 0.364. The van der Waals surface area contributed by atoms with Crippen molar-refractivity contribution >= 4 is 25.6 Å². The molecule has 0 aliphatic heterocycles. The van der Waals surface area contributed by atoms with Gasteiger partial charge in [-0.15, -0.1) is 0 Å². The van der Waals surface area contributed by atoms with Crippen LogP contribution in [-0.4, -0.2) is 39.4 Å². The molecular formula is C11H14ClNO4S. The Balaban J connectivity index is 2.63. The molecule has 18 heavy (non-hydrogen) atoms. The van der Waals surface area contributed by atoms with Crippen LogP contribution in [0.2, 0.25) is 0 Å². The second-order valence-corrected chi connectivity index (χ2v) is 6.17. The number of nitrogens with zero attached hydrogens (tertiary/aromatic N) is 1. The summed E-state index contributed by atoms with van der Waals surface area (Å²) in [6.45, 7) is 2.38. The van der Waals surface area contributed by atoms with Gasteiger partial charge >= 0.3 is 0 Å². The number of carbonyl (C=O) groups is 1. The summed E-state index contributed by atoms with van der Waals surface area (Å²) in [7, 11) is 3.12. The van der Waals surface area contributed by atoms with Gasteiger partial charge in [0.25, 0.3) is 15.0 Å². The van der Waals surface area contributed by atoms with Crippen molar-refractivity contribution in [2.24, 2.45) is 0 Å². The van der Waals surface area contributed by atoms with Crippen molar-refractivity contribution in [1.29, 1.82) is 0 Å². The molecule has 0 spiro atoms. The van der Waals surface area contributed by atoms with Crippen LogP contribution < -0.4 is 4.74 Å². The molecule has 0 heterocycles. The number of ether oxygens (including phenoxy) is 1. The third-order valence-electron chi connectivity index (χ3n) is 2.37.